The maximum Gasteiger partial charge on any atom is 0.233 e. The first-order chi connectivity index (χ1) is 12.0. The number of hydrogen-bond donors (Lipinski definition) is 1. The van der Waals surface area contributed by atoms with Crippen molar-refractivity contribution in [3.05, 3.63) is 40.9 Å². The van der Waals surface area contributed by atoms with E-state index in [0.29, 0.717) is 10.7 Å². The molecule has 2 fully saturated rings. The number of amides is 3. The van der Waals surface area contributed by atoms with E-state index in [4.69, 9.17) is 11.6 Å². The SMILES string of the molecule is Cc1ccc(Cl)cc1NC(=O)CCN1C(=O)[C@@H]2[C@H](C1=O)[C@H]1C=C[C@H]2C1. The molecule has 1 aromatic rings. The van der Waals surface area contributed by atoms with E-state index in [1.165, 1.54) is 4.90 Å². The van der Waals surface area contributed by atoms with Gasteiger partial charge in [-0.05, 0) is 42.9 Å². The van der Waals surface area contributed by atoms with Gasteiger partial charge in [0.05, 0.1) is 11.8 Å². The molecule has 3 amide bonds. The number of rotatable bonds is 4. The Morgan fingerprint density at radius 1 is 1.20 bits per heavy atom. The average molecular weight is 359 g/mol. The molecule has 130 valence electrons. The molecule has 1 saturated carbocycles. The number of fused-ring (bicyclic) bond motifs is 5. The fourth-order valence-electron chi connectivity index (χ4n) is 4.34. The van der Waals surface area contributed by atoms with Crippen LogP contribution in [-0.2, 0) is 14.4 Å². The molecule has 4 rings (SSSR count). The third kappa shape index (κ3) is 2.67. The van der Waals surface area contributed by atoms with Crippen molar-refractivity contribution < 1.29 is 14.4 Å². The number of benzene rings is 1. The molecule has 1 aliphatic heterocycles. The molecule has 1 aromatic carbocycles. The van der Waals surface area contributed by atoms with E-state index in [2.05, 4.69) is 17.5 Å². The van der Waals surface area contributed by atoms with Gasteiger partial charge in [0.2, 0.25) is 17.7 Å². The van der Waals surface area contributed by atoms with Gasteiger partial charge in [-0.15, -0.1) is 0 Å². The molecule has 0 aromatic heterocycles. The molecular formula is C19H19ClN2O3. The van der Waals surface area contributed by atoms with E-state index in [1.54, 1.807) is 12.1 Å². The van der Waals surface area contributed by atoms with E-state index in [0.717, 1.165) is 12.0 Å². The van der Waals surface area contributed by atoms with Crippen LogP contribution in [0.25, 0.3) is 0 Å². The van der Waals surface area contributed by atoms with Gasteiger partial charge in [0, 0.05) is 23.7 Å². The van der Waals surface area contributed by atoms with Gasteiger partial charge in [-0.25, -0.2) is 0 Å². The highest BCUT2D eigenvalue weighted by Crippen LogP contribution is 2.52. The number of nitrogens with zero attached hydrogens (tertiary/aromatic N) is 1. The van der Waals surface area contributed by atoms with E-state index in [9.17, 15) is 14.4 Å². The number of carbonyl (C=O) groups is 3. The minimum Gasteiger partial charge on any atom is -0.326 e. The second-order valence-corrected chi connectivity index (χ2v) is 7.52. The van der Waals surface area contributed by atoms with E-state index in [1.807, 2.05) is 13.0 Å². The number of allylic oxidation sites excluding steroid dienone is 2. The lowest BCUT2D eigenvalue weighted by molar-refractivity contribution is -0.140. The second-order valence-electron chi connectivity index (χ2n) is 7.09. The quantitative estimate of drug-likeness (QED) is 0.664. The molecule has 5 nitrogen and oxygen atoms in total. The van der Waals surface area contributed by atoms with Gasteiger partial charge >= 0.3 is 0 Å². The average Bonchev–Trinajstić information content (AvgIpc) is 3.24. The molecule has 0 spiro atoms. The number of nitrogens with one attached hydrogen (secondary N) is 1. The first-order valence-corrected chi connectivity index (χ1v) is 8.93. The summed E-state index contributed by atoms with van der Waals surface area (Å²) in [5, 5.41) is 3.34. The number of anilines is 1. The molecule has 0 unspecified atom stereocenters. The molecule has 4 atom stereocenters. The lowest BCUT2D eigenvalue weighted by Gasteiger charge is -2.17. The molecule has 2 aliphatic carbocycles. The van der Waals surface area contributed by atoms with Crippen LogP contribution in [0.2, 0.25) is 5.02 Å². The van der Waals surface area contributed by atoms with Crippen LogP contribution in [0.5, 0.6) is 0 Å². The van der Waals surface area contributed by atoms with Crippen molar-refractivity contribution in [2.45, 2.75) is 19.8 Å². The molecule has 6 heteroatoms. The normalized spacial score (nSPS) is 29.4. The largest absolute Gasteiger partial charge is 0.326 e. The Bertz CT molecular complexity index is 774. The first-order valence-electron chi connectivity index (χ1n) is 8.55. The highest BCUT2D eigenvalue weighted by Gasteiger charge is 2.58. The zero-order valence-corrected chi connectivity index (χ0v) is 14.6. The van der Waals surface area contributed by atoms with Gasteiger partial charge in [0.1, 0.15) is 0 Å². The van der Waals surface area contributed by atoms with Gasteiger partial charge in [0.15, 0.2) is 0 Å². The summed E-state index contributed by atoms with van der Waals surface area (Å²) >= 11 is 5.95. The fourth-order valence-corrected chi connectivity index (χ4v) is 4.51. The number of aryl methyl sites for hydroxylation is 1. The van der Waals surface area contributed by atoms with Gasteiger partial charge in [-0.1, -0.05) is 29.8 Å². The van der Waals surface area contributed by atoms with Crippen LogP contribution in [0.1, 0.15) is 18.4 Å². The summed E-state index contributed by atoms with van der Waals surface area (Å²) in [7, 11) is 0. The van der Waals surface area contributed by atoms with Crippen LogP contribution in [0.15, 0.2) is 30.4 Å². The zero-order valence-electron chi connectivity index (χ0n) is 13.9. The smallest absolute Gasteiger partial charge is 0.233 e. The minimum absolute atomic E-state index is 0.0889. The van der Waals surface area contributed by atoms with Crippen LogP contribution in [0, 0.1) is 30.6 Å². The Morgan fingerprint density at radius 3 is 2.48 bits per heavy atom. The van der Waals surface area contributed by atoms with Gasteiger partial charge in [-0.2, -0.15) is 0 Å². The Kier molecular flexibility index (Phi) is 3.91. The molecule has 0 radical (unpaired) electrons. The lowest BCUT2D eigenvalue weighted by atomic mass is 9.85. The van der Waals surface area contributed by atoms with Crippen LogP contribution < -0.4 is 5.32 Å². The first kappa shape index (κ1) is 16.3. The van der Waals surface area contributed by atoms with Crippen molar-refractivity contribution in [2.24, 2.45) is 23.7 Å². The van der Waals surface area contributed by atoms with Crippen molar-refractivity contribution in [3.63, 3.8) is 0 Å². The Balaban J connectivity index is 1.39. The monoisotopic (exact) mass is 358 g/mol. The molecule has 25 heavy (non-hydrogen) atoms. The Morgan fingerprint density at radius 2 is 1.84 bits per heavy atom. The highest BCUT2D eigenvalue weighted by molar-refractivity contribution is 6.31. The number of carbonyl (C=O) groups excluding carboxylic acids is 3. The minimum atomic E-state index is -0.232. The Hall–Kier alpha value is -2.14. The summed E-state index contributed by atoms with van der Waals surface area (Å²) in [4.78, 5) is 38.7. The van der Waals surface area contributed by atoms with E-state index >= 15 is 0 Å². The van der Waals surface area contributed by atoms with E-state index < -0.39 is 0 Å². The van der Waals surface area contributed by atoms with Gasteiger partial charge in [-0.3, -0.25) is 19.3 Å². The lowest BCUT2D eigenvalue weighted by Crippen LogP contribution is -2.35. The summed E-state index contributed by atoms with van der Waals surface area (Å²) in [6.45, 7) is 2.01. The molecule has 1 N–H and O–H groups in total. The van der Waals surface area contributed by atoms with Crippen LogP contribution in [0.4, 0.5) is 5.69 Å². The third-order valence-corrected chi connectivity index (χ3v) is 5.83. The van der Waals surface area contributed by atoms with Crippen LogP contribution in [-0.4, -0.2) is 29.2 Å². The second kappa shape index (κ2) is 5.99. The van der Waals surface area contributed by atoms with Crippen molar-refractivity contribution in [1.29, 1.82) is 0 Å². The molecule has 1 saturated heterocycles. The maximum atomic E-state index is 12.6. The summed E-state index contributed by atoms with van der Waals surface area (Å²) in [5.41, 5.74) is 1.55. The molecule has 2 bridgehead atoms. The highest BCUT2D eigenvalue weighted by atomic mass is 35.5. The number of hydrogen-bond acceptors (Lipinski definition) is 3. The molecular weight excluding hydrogens is 340 g/mol. The third-order valence-electron chi connectivity index (χ3n) is 5.60. The van der Waals surface area contributed by atoms with Crippen LogP contribution in [0.3, 0.4) is 0 Å². The predicted octanol–water partition coefficient (Wildman–Crippen LogP) is 2.78. The van der Waals surface area contributed by atoms with Crippen molar-refractivity contribution in [3.8, 4) is 0 Å². The van der Waals surface area contributed by atoms with Crippen molar-refractivity contribution in [1.82, 2.24) is 4.90 Å². The molecule has 1 heterocycles. The summed E-state index contributed by atoms with van der Waals surface area (Å²) in [5.74, 6) is -0.485. The summed E-state index contributed by atoms with van der Waals surface area (Å²) in [6, 6.07) is 5.28. The zero-order chi connectivity index (χ0) is 17.7. The summed E-state index contributed by atoms with van der Waals surface area (Å²) in [6.07, 6.45) is 5.13. The Labute approximate surface area is 151 Å². The van der Waals surface area contributed by atoms with Crippen molar-refractivity contribution >= 4 is 35.0 Å². The predicted molar refractivity (Wildman–Crippen MR) is 93.9 cm³/mol. The topological polar surface area (TPSA) is 66.5 Å². The number of likely N-dealkylation sites (tertiary alicyclic amines) is 1. The summed E-state index contributed by atoms with van der Waals surface area (Å²) < 4.78 is 0. The number of imide groups is 1. The van der Waals surface area contributed by atoms with Gasteiger partial charge in [0.25, 0.3) is 0 Å². The van der Waals surface area contributed by atoms with Crippen LogP contribution >= 0.6 is 11.6 Å². The van der Waals surface area contributed by atoms with E-state index in [-0.39, 0.29) is 54.4 Å². The standard InChI is InChI=1S/C19H19ClN2O3/c1-10-2-5-13(20)9-14(10)21-15(23)6-7-22-18(24)16-11-3-4-12(8-11)17(16)19(22)25/h2-5,9,11-12,16-17H,6-8H2,1H3,(H,21,23)/t11-,12-,16-,17+/m0/s1. The maximum absolute atomic E-state index is 12.6. The molecule has 3 aliphatic rings. The van der Waals surface area contributed by atoms with Crippen molar-refractivity contribution in [2.75, 3.05) is 11.9 Å². The number of halogens is 1. The fraction of sp³-hybridized carbons (Fsp3) is 0.421. The van der Waals surface area contributed by atoms with Gasteiger partial charge < -0.3 is 5.32 Å².